The summed E-state index contributed by atoms with van der Waals surface area (Å²) in [4.78, 5) is 16.4. The summed E-state index contributed by atoms with van der Waals surface area (Å²) < 4.78 is 21.7. The normalized spacial score (nSPS) is 10.8. The van der Waals surface area contributed by atoms with Gasteiger partial charge in [0.2, 0.25) is 5.82 Å². The van der Waals surface area contributed by atoms with E-state index < -0.39 is 5.97 Å². The monoisotopic (exact) mass is 410 g/mol. The van der Waals surface area contributed by atoms with E-state index in [9.17, 15) is 4.79 Å². The van der Waals surface area contributed by atoms with Crippen molar-refractivity contribution in [1.29, 1.82) is 0 Å². The van der Waals surface area contributed by atoms with E-state index >= 15 is 0 Å². The maximum atomic E-state index is 12.1. The van der Waals surface area contributed by atoms with Gasteiger partial charge in [-0.3, -0.25) is 0 Å². The number of para-hydroxylation sites is 1. The molecule has 0 spiro atoms. The predicted octanol–water partition coefficient (Wildman–Crippen LogP) is 4.69. The van der Waals surface area contributed by atoms with Crippen molar-refractivity contribution >= 4 is 5.97 Å². The number of esters is 1. The summed E-state index contributed by atoms with van der Waals surface area (Å²) in [5.41, 5.74) is 2.82. The minimum atomic E-state index is -0.513. The van der Waals surface area contributed by atoms with Crippen LogP contribution in [0.25, 0.3) is 11.4 Å². The molecule has 0 aliphatic carbocycles. The third-order valence-corrected chi connectivity index (χ3v) is 4.39. The highest BCUT2D eigenvalue weighted by atomic mass is 16.6. The second kappa shape index (κ2) is 9.91. The van der Waals surface area contributed by atoms with Gasteiger partial charge in [0.15, 0.2) is 13.2 Å². The van der Waals surface area contributed by atoms with Gasteiger partial charge in [0, 0.05) is 0 Å². The molecule has 0 amide bonds. The zero-order chi connectivity index (χ0) is 21.5. The number of benzene rings is 2. The summed E-state index contributed by atoms with van der Waals surface area (Å²) in [5, 5.41) is 3.95. The Bertz CT molecular complexity index is 997. The molecule has 7 heteroatoms. The molecule has 7 nitrogen and oxygen atoms in total. The highest BCUT2D eigenvalue weighted by molar-refractivity contribution is 5.71. The molecular formula is C23H26N2O5. The zero-order valence-corrected chi connectivity index (χ0v) is 17.7. The van der Waals surface area contributed by atoms with Gasteiger partial charge >= 0.3 is 5.97 Å². The first kappa shape index (κ1) is 21.4. The molecule has 1 heterocycles. The highest BCUT2D eigenvalue weighted by Crippen LogP contribution is 2.28. The van der Waals surface area contributed by atoms with Crippen molar-refractivity contribution < 1.29 is 23.5 Å². The molecule has 0 atom stereocenters. The standard InChI is InChI=1S/C23H26N2O5/c1-5-27-19-9-7-6-8-18(19)23-24-21(30-25-23)13-29-22(26)14-28-20-12-16(4)10-11-17(20)15(2)3/h6-12,15H,5,13-14H2,1-4H3. The van der Waals surface area contributed by atoms with Gasteiger partial charge in [-0.1, -0.05) is 43.3 Å². The number of aryl methyl sites for hydroxylation is 1. The van der Waals surface area contributed by atoms with Crippen molar-refractivity contribution in [2.45, 2.75) is 40.2 Å². The van der Waals surface area contributed by atoms with Crippen LogP contribution in [0.4, 0.5) is 0 Å². The summed E-state index contributed by atoms with van der Waals surface area (Å²) in [6.45, 7) is 8.24. The largest absolute Gasteiger partial charge is 0.493 e. The molecule has 0 fully saturated rings. The lowest BCUT2D eigenvalue weighted by Gasteiger charge is -2.14. The van der Waals surface area contributed by atoms with Gasteiger partial charge in [0.1, 0.15) is 11.5 Å². The third-order valence-electron chi connectivity index (χ3n) is 4.39. The third kappa shape index (κ3) is 5.37. The van der Waals surface area contributed by atoms with E-state index in [4.69, 9.17) is 18.7 Å². The van der Waals surface area contributed by atoms with Crippen molar-refractivity contribution in [1.82, 2.24) is 10.1 Å². The molecule has 0 saturated heterocycles. The molecule has 0 aliphatic rings. The zero-order valence-electron chi connectivity index (χ0n) is 17.7. The lowest BCUT2D eigenvalue weighted by Crippen LogP contribution is -2.15. The van der Waals surface area contributed by atoms with Crippen LogP contribution in [-0.4, -0.2) is 29.3 Å². The Labute approximate surface area is 176 Å². The second-order valence-corrected chi connectivity index (χ2v) is 7.09. The number of carbonyl (C=O) groups is 1. The number of carbonyl (C=O) groups excluding carboxylic acids is 1. The molecule has 0 N–H and O–H groups in total. The Kier molecular flexibility index (Phi) is 7.06. The van der Waals surface area contributed by atoms with Gasteiger partial charge in [-0.15, -0.1) is 0 Å². The van der Waals surface area contributed by atoms with Crippen LogP contribution in [0.15, 0.2) is 47.0 Å². The number of aromatic nitrogens is 2. The fraction of sp³-hybridized carbons (Fsp3) is 0.348. The van der Waals surface area contributed by atoms with Crippen molar-refractivity contribution in [2.75, 3.05) is 13.2 Å². The molecule has 0 saturated carbocycles. The number of ether oxygens (including phenoxy) is 3. The van der Waals surface area contributed by atoms with Crippen LogP contribution in [0.1, 0.15) is 43.7 Å². The maximum Gasteiger partial charge on any atom is 0.344 e. The van der Waals surface area contributed by atoms with Crippen LogP contribution in [0.3, 0.4) is 0 Å². The van der Waals surface area contributed by atoms with Crippen LogP contribution in [0, 0.1) is 6.92 Å². The predicted molar refractivity (Wildman–Crippen MR) is 111 cm³/mol. The lowest BCUT2D eigenvalue weighted by atomic mass is 10.0. The molecule has 0 unspecified atom stereocenters. The van der Waals surface area contributed by atoms with E-state index in [1.807, 2.05) is 56.3 Å². The molecule has 1 aromatic heterocycles. The minimum Gasteiger partial charge on any atom is -0.493 e. The molecular weight excluding hydrogens is 384 g/mol. The Hall–Kier alpha value is -3.35. The van der Waals surface area contributed by atoms with E-state index in [1.54, 1.807) is 0 Å². The Morgan fingerprint density at radius 1 is 1.10 bits per heavy atom. The van der Waals surface area contributed by atoms with E-state index in [2.05, 4.69) is 24.0 Å². The van der Waals surface area contributed by atoms with Crippen LogP contribution >= 0.6 is 0 Å². The molecule has 2 aromatic carbocycles. The van der Waals surface area contributed by atoms with E-state index in [0.29, 0.717) is 29.5 Å². The van der Waals surface area contributed by atoms with Gasteiger partial charge in [-0.05, 0) is 49.1 Å². The van der Waals surface area contributed by atoms with E-state index in [0.717, 1.165) is 11.1 Å². The molecule has 3 rings (SSSR count). The Balaban J connectivity index is 1.57. The number of hydrogen-bond acceptors (Lipinski definition) is 7. The lowest BCUT2D eigenvalue weighted by molar-refractivity contribution is -0.148. The number of hydrogen-bond donors (Lipinski definition) is 0. The Morgan fingerprint density at radius 2 is 1.90 bits per heavy atom. The van der Waals surface area contributed by atoms with Crippen molar-refractivity contribution in [3.8, 4) is 22.9 Å². The minimum absolute atomic E-state index is 0.128. The number of rotatable bonds is 9. The van der Waals surface area contributed by atoms with Crippen molar-refractivity contribution in [3.05, 3.63) is 59.5 Å². The summed E-state index contributed by atoms with van der Waals surface area (Å²) in [7, 11) is 0. The van der Waals surface area contributed by atoms with E-state index in [-0.39, 0.29) is 25.0 Å². The fourth-order valence-corrected chi connectivity index (χ4v) is 2.92. The van der Waals surface area contributed by atoms with Crippen LogP contribution in [0.2, 0.25) is 0 Å². The summed E-state index contributed by atoms with van der Waals surface area (Å²) in [6, 6.07) is 13.4. The van der Waals surface area contributed by atoms with Crippen LogP contribution in [0.5, 0.6) is 11.5 Å². The summed E-state index contributed by atoms with van der Waals surface area (Å²) in [5.74, 6) is 1.70. The first-order valence-electron chi connectivity index (χ1n) is 9.91. The second-order valence-electron chi connectivity index (χ2n) is 7.09. The van der Waals surface area contributed by atoms with Gasteiger partial charge in [0.05, 0.1) is 12.2 Å². The van der Waals surface area contributed by atoms with Crippen LogP contribution in [-0.2, 0) is 16.1 Å². The summed E-state index contributed by atoms with van der Waals surface area (Å²) >= 11 is 0. The first-order valence-corrected chi connectivity index (χ1v) is 9.91. The quantitative estimate of drug-likeness (QED) is 0.473. The highest BCUT2D eigenvalue weighted by Gasteiger charge is 2.15. The topological polar surface area (TPSA) is 83.7 Å². The van der Waals surface area contributed by atoms with Gasteiger partial charge in [-0.2, -0.15) is 4.98 Å². The molecule has 3 aromatic rings. The van der Waals surface area contributed by atoms with Gasteiger partial charge in [0.25, 0.3) is 5.89 Å². The van der Waals surface area contributed by atoms with Crippen molar-refractivity contribution in [3.63, 3.8) is 0 Å². The smallest absolute Gasteiger partial charge is 0.344 e. The average Bonchev–Trinajstić information content (AvgIpc) is 3.20. The van der Waals surface area contributed by atoms with Crippen molar-refractivity contribution in [2.24, 2.45) is 0 Å². The Morgan fingerprint density at radius 3 is 2.67 bits per heavy atom. The van der Waals surface area contributed by atoms with E-state index in [1.165, 1.54) is 0 Å². The molecule has 0 radical (unpaired) electrons. The van der Waals surface area contributed by atoms with Gasteiger partial charge in [-0.25, -0.2) is 4.79 Å². The van der Waals surface area contributed by atoms with Gasteiger partial charge < -0.3 is 18.7 Å². The molecule has 0 aliphatic heterocycles. The summed E-state index contributed by atoms with van der Waals surface area (Å²) in [6.07, 6.45) is 0. The maximum absolute atomic E-state index is 12.1. The first-order chi connectivity index (χ1) is 14.5. The van der Waals surface area contributed by atoms with Crippen LogP contribution < -0.4 is 9.47 Å². The number of nitrogens with zero attached hydrogens (tertiary/aromatic N) is 2. The molecule has 30 heavy (non-hydrogen) atoms. The molecule has 0 bridgehead atoms. The fourth-order valence-electron chi connectivity index (χ4n) is 2.92. The average molecular weight is 410 g/mol. The SMILES string of the molecule is CCOc1ccccc1-c1noc(COC(=O)COc2cc(C)ccc2C(C)C)n1. The molecule has 158 valence electrons.